The smallest absolute Gasteiger partial charge is 0.0901 e. The van der Waals surface area contributed by atoms with Crippen LogP contribution in [-0.2, 0) is 4.74 Å². The molecule has 0 saturated heterocycles. The Balaban J connectivity index is 2.07. The summed E-state index contributed by atoms with van der Waals surface area (Å²) in [7, 11) is 0. The first-order chi connectivity index (χ1) is 4.93. The van der Waals surface area contributed by atoms with Gasteiger partial charge < -0.3 is 4.74 Å². The minimum absolute atomic E-state index is 0.812. The van der Waals surface area contributed by atoms with Crippen LogP contribution in [0.5, 0.6) is 0 Å². The Bertz CT molecular complexity index is 92.9. The molecule has 0 aliphatic heterocycles. The zero-order valence-corrected chi connectivity index (χ0v) is 6.51. The summed E-state index contributed by atoms with van der Waals surface area (Å²) in [5, 5.41) is 0. The van der Waals surface area contributed by atoms with E-state index in [1.807, 2.05) is 0 Å². The lowest BCUT2D eigenvalue weighted by molar-refractivity contribution is 0.166. The summed E-state index contributed by atoms with van der Waals surface area (Å²) >= 11 is 0. The van der Waals surface area contributed by atoms with Gasteiger partial charge in [-0.25, -0.2) is 0 Å². The van der Waals surface area contributed by atoms with Crippen LogP contribution in [0, 0.1) is 5.92 Å². The van der Waals surface area contributed by atoms with Gasteiger partial charge in [-0.1, -0.05) is 25.8 Å². The predicted molar refractivity (Wildman–Crippen MR) is 42.7 cm³/mol. The third-order valence-electron chi connectivity index (χ3n) is 2.17. The number of ether oxygens (including phenoxy) is 1. The molecular formula is C9H16O. The highest BCUT2D eigenvalue weighted by Crippen LogP contribution is 2.23. The molecule has 0 aromatic heterocycles. The Kier molecular flexibility index (Phi) is 3.34. The van der Waals surface area contributed by atoms with E-state index in [9.17, 15) is 0 Å². The second-order valence-corrected chi connectivity index (χ2v) is 3.00. The molecule has 0 unspecified atom stereocenters. The molecular weight excluding hydrogens is 124 g/mol. The molecule has 0 bridgehead atoms. The van der Waals surface area contributed by atoms with Gasteiger partial charge in [-0.15, -0.1) is 0 Å². The molecule has 0 heterocycles. The first-order valence-corrected chi connectivity index (χ1v) is 4.16. The summed E-state index contributed by atoms with van der Waals surface area (Å²) in [4.78, 5) is 0. The van der Waals surface area contributed by atoms with Gasteiger partial charge in [0.1, 0.15) is 0 Å². The maximum Gasteiger partial charge on any atom is 0.0901 e. The second-order valence-electron chi connectivity index (χ2n) is 3.00. The lowest BCUT2D eigenvalue weighted by Gasteiger charge is -2.20. The van der Waals surface area contributed by atoms with Gasteiger partial charge in [0.05, 0.1) is 12.9 Å². The third-order valence-corrected chi connectivity index (χ3v) is 2.17. The Morgan fingerprint density at radius 2 is 2.00 bits per heavy atom. The average Bonchev–Trinajstić information content (AvgIpc) is 2.03. The van der Waals surface area contributed by atoms with Crippen molar-refractivity contribution in [3.8, 4) is 0 Å². The van der Waals surface area contributed by atoms with Gasteiger partial charge in [-0.2, -0.15) is 0 Å². The van der Waals surface area contributed by atoms with E-state index in [0.717, 1.165) is 12.5 Å². The molecule has 1 aliphatic carbocycles. The van der Waals surface area contributed by atoms with Crippen molar-refractivity contribution in [2.75, 3.05) is 6.61 Å². The molecule has 0 radical (unpaired) electrons. The van der Waals surface area contributed by atoms with Crippen molar-refractivity contribution >= 4 is 0 Å². The van der Waals surface area contributed by atoms with E-state index in [4.69, 9.17) is 4.74 Å². The van der Waals surface area contributed by atoms with E-state index in [2.05, 4.69) is 6.58 Å². The van der Waals surface area contributed by atoms with E-state index in [0.29, 0.717) is 0 Å². The fourth-order valence-corrected chi connectivity index (χ4v) is 1.56. The Labute approximate surface area is 63.1 Å². The summed E-state index contributed by atoms with van der Waals surface area (Å²) in [6.07, 6.45) is 8.47. The van der Waals surface area contributed by atoms with E-state index >= 15 is 0 Å². The van der Waals surface area contributed by atoms with Crippen molar-refractivity contribution in [2.45, 2.75) is 32.1 Å². The molecule has 1 heteroatoms. The fourth-order valence-electron chi connectivity index (χ4n) is 1.56. The van der Waals surface area contributed by atoms with Crippen molar-refractivity contribution in [3.63, 3.8) is 0 Å². The molecule has 1 saturated carbocycles. The van der Waals surface area contributed by atoms with Crippen molar-refractivity contribution in [3.05, 3.63) is 12.8 Å². The maximum atomic E-state index is 5.14. The van der Waals surface area contributed by atoms with Crippen LogP contribution in [0.1, 0.15) is 32.1 Å². The van der Waals surface area contributed by atoms with Crippen LogP contribution < -0.4 is 0 Å². The van der Waals surface area contributed by atoms with E-state index in [1.165, 1.54) is 32.1 Å². The lowest BCUT2D eigenvalue weighted by Crippen LogP contribution is -2.11. The van der Waals surface area contributed by atoms with Gasteiger partial charge in [-0.05, 0) is 18.8 Å². The van der Waals surface area contributed by atoms with Crippen LogP contribution in [-0.4, -0.2) is 6.61 Å². The molecule has 1 nitrogen and oxygen atoms in total. The maximum absolute atomic E-state index is 5.14. The predicted octanol–water partition coefficient (Wildman–Crippen LogP) is 2.73. The molecule has 0 spiro atoms. The molecule has 58 valence electrons. The zero-order chi connectivity index (χ0) is 7.23. The van der Waals surface area contributed by atoms with Gasteiger partial charge in [0.15, 0.2) is 0 Å². The van der Waals surface area contributed by atoms with Crippen molar-refractivity contribution < 1.29 is 4.74 Å². The van der Waals surface area contributed by atoms with Crippen molar-refractivity contribution in [1.82, 2.24) is 0 Å². The van der Waals surface area contributed by atoms with E-state index in [1.54, 1.807) is 6.26 Å². The second kappa shape index (κ2) is 4.37. The summed E-state index contributed by atoms with van der Waals surface area (Å²) in [6.45, 7) is 4.42. The highest BCUT2D eigenvalue weighted by Gasteiger charge is 2.12. The van der Waals surface area contributed by atoms with Gasteiger partial charge in [0, 0.05) is 0 Å². The monoisotopic (exact) mass is 140 g/mol. The highest BCUT2D eigenvalue weighted by molar-refractivity contribution is 4.65. The minimum atomic E-state index is 0.812. The van der Waals surface area contributed by atoms with E-state index < -0.39 is 0 Å². The lowest BCUT2D eigenvalue weighted by atomic mass is 9.90. The van der Waals surface area contributed by atoms with Gasteiger partial charge in [0.2, 0.25) is 0 Å². The Hall–Kier alpha value is -0.460. The normalized spacial score (nSPS) is 20.4. The molecule has 0 amide bonds. The summed E-state index contributed by atoms with van der Waals surface area (Å²) < 4.78 is 5.14. The van der Waals surface area contributed by atoms with Crippen molar-refractivity contribution in [2.24, 2.45) is 5.92 Å². The molecule has 1 aliphatic rings. The molecule has 0 aromatic carbocycles. The topological polar surface area (TPSA) is 9.23 Å². The van der Waals surface area contributed by atoms with Gasteiger partial charge >= 0.3 is 0 Å². The fraction of sp³-hybridized carbons (Fsp3) is 0.778. The van der Waals surface area contributed by atoms with Crippen LogP contribution in [0.15, 0.2) is 12.8 Å². The van der Waals surface area contributed by atoms with E-state index in [-0.39, 0.29) is 0 Å². The molecule has 0 aromatic rings. The van der Waals surface area contributed by atoms with Crippen LogP contribution in [0.25, 0.3) is 0 Å². The molecule has 0 atom stereocenters. The first kappa shape index (κ1) is 7.64. The third kappa shape index (κ3) is 2.42. The Morgan fingerprint density at radius 3 is 2.60 bits per heavy atom. The highest BCUT2D eigenvalue weighted by atomic mass is 16.5. The molecule has 10 heavy (non-hydrogen) atoms. The van der Waals surface area contributed by atoms with Crippen LogP contribution in [0.4, 0.5) is 0 Å². The Morgan fingerprint density at radius 1 is 1.30 bits per heavy atom. The van der Waals surface area contributed by atoms with Gasteiger partial charge in [0.25, 0.3) is 0 Å². The quantitative estimate of drug-likeness (QED) is 0.548. The van der Waals surface area contributed by atoms with Crippen LogP contribution in [0.2, 0.25) is 0 Å². The zero-order valence-electron chi connectivity index (χ0n) is 6.51. The van der Waals surface area contributed by atoms with Crippen molar-refractivity contribution in [1.29, 1.82) is 0 Å². The van der Waals surface area contributed by atoms with Crippen LogP contribution >= 0.6 is 0 Å². The number of hydrogen-bond acceptors (Lipinski definition) is 1. The standard InChI is InChI=1S/C9H16O/c1-2-10-8-9-6-4-3-5-7-9/h2,9H,1,3-8H2. The molecule has 1 rings (SSSR count). The summed E-state index contributed by atoms with van der Waals surface area (Å²) in [6, 6.07) is 0. The number of hydrogen-bond donors (Lipinski definition) is 0. The first-order valence-electron chi connectivity index (χ1n) is 4.16. The van der Waals surface area contributed by atoms with Crippen LogP contribution in [0.3, 0.4) is 0 Å². The average molecular weight is 140 g/mol. The molecule has 1 fully saturated rings. The SMILES string of the molecule is C=COCC1CCCCC1. The summed E-state index contributed by atoms with van der Waals surface area (Å²) in [5.74, 6) is 0.812. The summed E-state index contributed by atoms with van der Waals surface area (Å²) in [5.41, 5.74) is 0. The largest absolute Gasteiger partial charge is 0.502 e. The minimum Gasteiger partial charge on any atom is -0.502 e. The molecule has 0 N–H and O–H groups in total. The van der Waals surface area contributed by atoms with Gasteiger partial charge in [-0.3, -0.25) is 0 Å². The number of rotatable bonds is 3.